The van der Waals surface area contributed by atoms with Gasteiger partial charge in [0.15, 0.2) is 6.21 Å². The lowest BCUT2D eigenvalue weighted by atomic mass is 9.93. The molecule has 0 unspecified atom stereocenters. The summed E-state index contributed by atoms with van der Waals surface area (Å²) in [5, 5.41) is 7.11. The molecular formula is C26H23BF2NO+. The van der Waals surface area contributed by atoms with Gasteiger partial charge in [0.1, 0.15) is 5.75 Å². The topological polar surface area (TPSA) is 23.2 Å². The van der Waals surface area contributed by atoms with Gasteiger partial charge in [-0.25, -0.2) is 13.6 Å². The molecule has 0 aliphatic carbocycles. The van der Waals surface area contributed by atoms with Gasteiger partial charge in [-0.15, -0.1) is 0 Å². The second-order valence-corrected chi connectivity index (χ2v) is 7.18. The Morgan fingerprint density at radius 1 is 0.806 bits per heavy atom. The van der Waals surface area contributed by atoms with Crippen LogP contribution < -0.4 is 9.65 Å². The lowest BCUT2D eigenvalue weighted by Crippen LogP contribution is -2.61. The fraction of sp³-hybridized carbons (Fsp3) is 0.115. The van der Waals surface area contributed by atoms with E-state index in [1.807, 2.05) is 32.9 Å². The molecule has 0 saturated heterocycles. The van der Waals surface area contributed by atoms with Crippen molar-refractivity contribution in [2.24, 2.45) is 0 Å². The SMILES string of the molecule is CC.Cc1ccc(C=[NH+]c2ccc3ccc4cccc5ccc2c3c45)c(OB(F)F)c1. The van der Waals surface area contributed by atoms with Gasteiger partial charge in [-0.2, -0.15) is 0 Å². The average Bonchev–Trinajstić information content (AvgIpc) is 2.78. The summed E-state index contributed by atoms with van der Waals surface area (Å²) in [5.74, 6) is 0.158. The summed E-state index contributed by atoms with van der Waals surface area (Å²) < 4.78 is 30.2. The van der Waals surface area contributed by atoms with Crippen molar-refractivity contribution in [1.82, 2.24) is 0 Å². The number of nitrogens with one attached hydrogen (secondary N) is 1. The van der Waals surface area contributed by atoms with E-state index in [1.54, 1.807) is 18.3 Å². The van der Waals surface area contributed by atoms with Crippen molar-refractivity contribution in [2.75, 3.05) is 0 Å². The van der Waals surface area contributed by atoms with Crippen LogP contribution in [0.2, 0.25) is 0 Å². The Bertz CT molecular complexity index is 1360. The molecule has 0 saturated carbocycles. The van der Waals surface area contributed by atoms with E-state index >= 15 is 0 Å². The third-order valence-electron chi connectivity index (χ3n) is 5.30. The second kappa shape index (κ2) is 8.72. The number of benzene rings is 5. The van der Waals surface area contributed by atoms with Crippen LogP contribution >= 0.6 is 0 Å². The van der Waals surface area contributed by atoms with Crippen LogP contribution in [-0.4, -0.2) is 13.7 Å². The molecule has 5 heteroatoms. The first-order chi connectivity index (χ1) is 15.1. The highest BCUT2D eigenvalue weighted by atomic mass is 19.2. The molecule has 0 spiro atoms. The fourth-order valence-electron chi connectivity index (χ4n) is 3.98. The maximum atomic E-state index is 12.8. The van der Waals surface area contributed by atoms with E-state index in [-0.39, 0.29) is 5.75 Å². The van der Waals surface area contributed by atoms with E-state index < -0.39 is 7.47 Å². The zero-order valence-corrected chi connectivity index (χ0v) is 17.7. The lowest BCUT2D eigenvalue weighted by molar-refractivity contribution is -0.344. The predicted molar refractivity (Wildman–Crippen MR) is 127 cm³/mol. The normalized spacial score (nSPS) is 11.3. The number of hydrogen-bond acceptors (Lipinski definition) is 1. The fourth-order valence-corrected chi connectivity index (χ4v) is 3.98. The Morgan fingerprint density at radius 3 is 2.16 bits per heavy atom. The molecule has 31 heavy (non-hydrogen) atoms. The van der Waals surface area contributed by atoms with Gasteiger partial charge in [-0.3, -0.25) is 0 Å². The molecule has 0 atom stereocenters. The molecule has 0 aliphatic heterocycles. The lowest BCUT2D eigenvalue weighted by Gasteiger charge is -2.10. The molecule has 1 N–H and O–H groups in total. The molecule has 0 fully saturated rings. The monoisotopic (exact) mass is 414 g/mol. The molecule has 5 rings (SSSR count). The van der Waals surface area contributed by atoms with E-state index in [0.717, 1.165) is 16.6 Å². The third kappa shape index (κ3) is 3.96. The molecule has 0 amide bonds. The standard InChI is InChI=1S/C24H16BF2NO.C2H6/c1-15-5-6-19(22(13-15)29-25(26)27)14-28-21-12-10-18-8-7-16-3-2-4-17-9-11-20(21)24(18)23(16)17;1-2/h2-14H,1H3;1-2H3/p+1. The van der Waals surface area contributed by atoms with Crippen LogP contribution in [0.4, 0.5) is 14.3 Å². The first-order valence-electron chi connectivity index (χ1n) is 10.4. The molecule has 5 aromatic rings. The minimum Gasteiger partial charge on any atom is -0.505 e. The number of aryl methyl sites for hydroxylation is 1. The van der Waals surface area contributed by atoms with Crippen molar-refractivity contribution in [1.29, 1.82) is 0 Å². The summed E-state index contributed by atoms with van der Waals surface area (Å²) >= 11 is 0. The molecule has 0 bridgehead atoms. The minimum atomic E-state index is -2.86. The number of rotatable bonds is 4. The van der Waals surface area contributed by atoms with Crippen LogP contribution in [0.25, 0.3) is 32.3 Å². The molecule has 154 valence electrons. The Balaban J connectivity index is 0.00000112. The Hall–Kier alpha value is -3.47. The zero-order valence-electron chi connectivity index (χ0n) is 17.7. The minimum absolute atomic E-state index is 0.158. The molecule has 5 aromatic carbocycles. The van der Waals surface area contributed by atoms with Gasteiger partial charge in [0.05, 0.1) is 10.9 Å². The van der Waals surface area contributed by atoms with Gasteiger partial charge in [-0.1, -0.05) is 56.3 Å². The van der Waals surface area contributed by atoms with E-state index in [9.17, 15) is 8.63 Å². The van der Waals surface area contributed by atoms with Crippen molar-refractivity contribution in [3.05, 3.63) is 83.9 Å². The van der Waals surface area contributed by atoms with Gasteiger partial charge in [0.2, 0.25) is 5.69 Å². The number of hydrogen-bond donors (Lipinski definition) is 1. The van der Waals surface area contributed by atoms with Crippen molar-refractivity contribution in [3.63, 3.8) is 0 Å². The Morgan fingerprint density at radius 2 is 1.45 bits per heavy atom. The van der Waals surface area contributed by atoms with E-state index in [0.29, 0.717) is 5.56 Å². The van der Waals surface area contributed by atoms with Crippen LogP contribution in [0, 0.1) is 6.92 Å². The molecule has 2 nitrogen and oxygen atoms in total. The predicted octanol–water partition coefficient (Wildman–Crippen LogP) is 6.05. The van der Waals surface area contributed by atoms with Gasteiger partial charge in [0.25, 0.3) is 0 Å². The highest BCUT2D eigenvalue weighted by Crippen LogP contribution is 2.36. The quantitative estimate of drug-likeness (QED) is 0.216. The van der Waals surface area contributed by atoms with Crippen LogP contribution in [0.3, 0.4) is 0 Å². The first-order valence-corrected chi connectivity index (χ1v) is 10.4. The summed E-state index contributed by atoms with van der Waals surface area (Å²) in [4.78, 5) is 3.30. The summed E-state index contributed by atoms with van der Waals surface area (Å²) in [7, 11) is -2.86. The Kier molecular flexibility index (Phi) is 5.85. The third-order valence-corrected chi connectivity index (χ3v) is 5.30. The van der Waals surface area contributed by atoms with Crippen LogP contribution in [0.5, 0.6) is 5.75 Å². The van der Waals surface area contributed by atoms with Crippen LogP contribution in [0.15, 0.2) is 72.8 Å². The first kappa shape index (κ1) is 20.8. The van der Waals surface area contributed by atoms with Gasteiger partial charge in [-0.05, 0) is 58.3 Å². The maximum absolute atomic E-state index is 12.8. The molecule has 0 aromatic heterocycles. The summed E-state index contributed by atoms with van der Waals surface area (Å²) in [5.41, 5.74) is 2.35. The van der Waals surface area contributed by atoms with Crippen molar-refractivity contribution in [3.8, 4) is 5.75 Å². The molecule has 0 radical (unpaired) electrons. The molecule has 0 heterocycles. The average molecular weight is 414 g/mol. The van der Waals surface area contributed by atoms with E-state index in [4.69, 9.17) is 0 Å². The highest BCUT2D eigenvalue weighted by Gasteiger charge is 2.20. The Labute approximate surface area is 180 Å². The smallest absolute Gasteiger partial charge is 0.505 e. The second-order valence-electron chi connectivity index (χ2n) is 7.18. The summed E-state index contributed by atoms with van der Waals surface area (Å²) in [6, 6.07) is 24.2. The van der Waals surface area contributed by atoms with Crippen molar-refractivity contribution < 1.29 is 18.3 Å². The highest BCUT2D eigenvalue weighted by molar-refractivity contribution is 6.35. The van der Waals surface area contributed by atoms with E-state index in [2.05, 4.69) is 58.2 Å². The zero-order chi connectivity index (χ0) is 22.0. The molecular weight excluding hydrogens is 391 g/mol. The van der Waals surface area contributed by atoms with Crippen LogP contribution in [0.1, 0.15) is 25.0 Å². The number of halogens is 2. The van der Waals surface area contributed by atoms with Gasteiger partial charge >= 0.3 is 7.47 Å². The summed E-state index contributed by atoms with van der Waals surface area (Å²) in [6.45, 7) is 5.84. The van der Waals surface area contributed by atoms with Gasteiger partial charge < -0.3 is 4.65 Å². The van der Waals surface area contributed by atoms with Gasteiger partial charge in [0, 0.05) is 11.5 Å². The summed E-state index contributed by atoms with van der Waals surface area (Å²) in [6.07, 6.45) is 1.71. The van der Waals surface area contributed by atoms with Crippen molar-refractivity contribution >= 4 is 51.7 Å². The molecule has 0 aliphatic rings. The van der Waals surface area contributed by atoms with E-state index in [1.165, 1.54) is 26.9 Å². The van der Waals surface area contributed by atoms with Crippen molar-refractivity contribution in [2.45, 2.75) is 20.8 Å². The van der Waals surface area contributed by atoms with Crippen LogP contribution in [-0.2, 0) is 0 Å². The maximum Gasteiger partial charge on any atom is 0.796 e. The largest absolute Gasteiger partial charge is 0.796 e.